The number of aliphatic hydroxyl groups is 1. The zero-order valence-corrected chi connectivity index (χ0v) is 15.6. The van der Waals surface area contributed by atoms with Crippen LogP contribution in [-0.4, -0.2) is 28.2 Å². The average molecular weight is 351 g/mol. The summed E-state index contributed by atoms with van der Waals surface area (Å²) in [5.74, 6) is 0. The predicted octanol–water partition coefficient (Wildman–Crippen LogP) is 2.48. The first-order valence-electron chi connectivity index (χ1n) is 9.06. The minimum atomic E-state index is -1.12. The largest absolute Gasteiger partial charge is 0.619 e. The van der Waals surface area contributed by atoms with Gasteiger partial charge in [0.1, 0.15) is 5.60 Å². The van der Waals surface area contributed by atoms with Crippen molar-refractivity contribution in [1.82, 2.24) is 9.47 Å². The van der Waals surface area contributed by atoms with Gasteiger partial charge in [-0.1, -0.05) is 11.6 Å². The third-order valence-corrected chi connectivity index (χ3v) is 5.46. The Kier molecular flexibility index (Phi) is 4.01. The summed E-state index contributed by atoms with van der Waals surface area (Å²) in [5.41, 5.74) is 4.57. The van der Waals surface area contributed by atoms with Crippen LogP contribution in [-0.2, 0) is 25.1 Å². The molecule has 0 saturated heterocycles. The van der Waals surface area contributed by atoms with E-state index in [0.717, 1.165) is 29.8 Å². The van der Waals surface area contributed by atoms with E-state index in [2.05, 4.69) is 41.6 Å². The van der Waals surface area contributed by atoms with Crippen LogP contribution in [0.5, 0.6) is 0 Å². The standard InChI is InChI=1S/C21H25N3O2/c1-15-6-7-19-17(11-15)18-13-22(3)10-8-20(18)24(19)14-21(2,25)16-5-4-9-23(26)12-16/h4-7,9,11-12,25H,8,10,13-14H2,1-3H3. The molecule has 1 aliphatic rings. The van der Waals surface area contributed by atoms with Crippen LogP contribution >= 0.6 is 0 Å². The van der Waals surface area contributed by atoms with Gasteiger partial charge in [-0.15, -0.1) is 0 Å². The van der Waals surface area contributed by atoms with Gasteiger partial charge in [-0.05, 0) is 44.7 Å². The Bertz CT molecular complexity index is 975. The van der Waals surface area contributed by atoms with Crippen molar-refractivity contribution in [1.29, 1.82) is 0 Å². The molecular formula is C21H25N3O2. The molecule has 136 valence electrons. The molecule has 1 aromatic carbocycles. The summed E-state index contributed by atoms with van der Waals surface area (Å²) >= 11 is 0. The van der Waals surface area contributed by atoms with Crippen LogP contribution < -0.4 is 4.73 Å². The molecule has 4 rings (SSSR count). The van der Waals surface area contributed by atoms with Crippen LogP contribution in [0.4, 0.5) is 0 Å². The van der Waals surface area contributed by atoms with E-state index in [1.165, 1.54) is 34.6 Å². The molecule has 3 heterocycles. The Labute approximate surface area is 153 Å². The summed E-state index contributed by atoms with van der Waals surface area (Å²) in [6, 6.07) is 10.0. The van der Waals surface area contributed by atoms with Crippen molar-refractivity contribution >= 4 is 10.9 Å². The molecule has 1 unspecified atom stereocenters. The third-order valence-electron chi connectivity index (χ3n) is 5.46. The zero-order valence-electron chi connectivity index (χ0n) is 15.6. The minimum Gasteiger partial charge on any atom is -0.619 e. The Morgan fingerprint density at radius 2 is 2.12 bits per heavy atom. The van der Waals surface area contributed by atoms with E-state index < -0.39 is 5.60 Å². The molecule has 1 aliphatic heterocycles. The van der Waals surface area contributed by atoms with E-state index in [4.69, 9.17) is 0 Å². The average Bonchev–Trinajstić information content (AvgIpc) is 2.87. The third kappa shape index (κ3) is 2.87. The Balaban J connectivity index is 1.84. The SMILES string of the molecule is Cc1ccc2c(c1)c1c(n2CC(C)(O)c2ccc[n+]([O-])c2)CCN(C)C1. The lowest BCUT2D eigenvalue weighted by Crippen LogP contribution is -2.34. The van der Waals surface area contributed by atoms with Crippen LogP contribution in [0.3, 0.4) is 0 Å². The number of nitrogens with zero attached hydrogens (tertiary/aromatic N) is 3. The summed E-state index contributed by atoms with van der Waals surface area (Å²) < 4.78 is 2.99. The molecule has 1 atom stereocenters. The molecule has 3 aromatic rings. The van der Waals surface area contributed by atoms with E-state index in [9.17, 15) is 10.3 Å². The lowest BCUT2D eigenvalue weighted by Gasteiger charge is -2.28. The van der Waals surface area contributed by atoms with Gasteiger partial charge in [0.05, 0.1) is 12.1 Å². The highest BCUT2D eigenvalue weighted by Crippen LogP contribution is 2.34. The number of aryl methyl sites for hydroxylation is 1. The van der Waals surface area contributed by atoms with Crippen molar-refractivity contribution in [2.24, 2.45) is 0 Å². The van der Waals surface area contributed by atoms with Gasteiger partial charge in [0.25, 0.3) is 0 Å². The molecule has 1 N–H and O–H groups in total. The van der Waals surface area contributed by atoms with Gasteiger partial charge in [-0.25, -0.2) is 0 Å². The quantitative estimate of drug-likeness (QED) is 0.583. The first-order valence-corrected chi connectivity index (χ1v) is 9.06. The maximum Gasteiger partial charge on any atom is 0.186 e. The molecule has 26 heavy (non-hydrogen) atoms. The van der Waals surface area contributed by atoms with E-state index in [0.29, 0.717) is 12.1 Å². The second-order valence-electron chi connectivity index (χ2n) is 7.75. The molecule has 0 aliphatic carbocycles. The first-order chi connectivity index (χ1) is 12.3. The van der Waals surface area contributed by atoms with Crippen LogP contribution in [0.2, 0.25) is 0 Å². The Morgan fingerprint density at radius 1 is 1.31 bits per heavy atom. The first kappa shape index (κ1) is 17.1. The summed E-state index contributed by atoms with van der Waals surface area (Å²) in [6.07, 6.45) is 3.85. The Hall–Kier alpha value is -2.37. The number of benzene rings is 1. The molecule has 0 amide bonds. The summed E-state index contributed by atoms with van der Waals surface area (Å²) in [5, 5.41) is 24.1. The molecule has 0 bridgehead atoms. The summed E-state index contributed by atoms with van der Waals surface area (Å²) in [6.45, 7) is 6.26. The lowest BCUT2D eigenvalue weighted by molar-refractivity contribution is -0.606. The molecule has 0 spiro atoms. The van der Waals surface area contributed by atoms with E-state index in [1.807, 2.05) is 6.07 Å². The van der Waals surface area contributed by atoms with Gasteiger partial charge in [-0.2, -0.15) is 4.73 Å². The molecular weight excluding hydrogens is 326 g/mol. The topological polar surface area (TPSA) is 55.3 Å². The fourth-order valence-corrected chi connectivity index (χ4v) is 4.05. The molecule has 5 heteroatoms. The highest BCUT2D eigenvalue weighted by molar-refractivity contribution is 5.86. The highest BCUT2D eigenvalue weighted by Gasteiger charge is 2.30. The molecule has 0 fully saturated rings. The molecule has 0 radical (unpaired) electrons. The number of pyridine rings is 1. The van der Waals surface area contributed by atoms with E-state index >= 15 is 0 Å². The fraction of sp³-hybridized carbons (Fsp3) is 0.381. The predicted molar refractivity (Wildman–Crippen MR) is 102 cm³/mol. The number of aromatic nitrogens is 2. The molecule has 5 nitrogen and oxygen atoms in total. The molecule has 2 aromatic heterocycles. The fourth-order valence-electron chi connectivity index (χ4n) is 4.05. The zero-order chi connectivity index (χ0) is 18.5. The van der Waals surface area contributed by atoms with Crippen molar-refractivity contribution in [3.8, 4) is 0 Å². The van der Waals surface area contributed by atoms with Crippen molar-refractivity contribution in [2.45, 2.75) is 39.0 Å². The monoisotopic (exact) mass is 351 g/mol. The van der Waals surface area contributed by atoms with Crippen molar-refractivity contribution in [2.75, 3.05) is 13.6 Å². The second-order valence-corrected chi connectivity index (χ2v) is 7.75. The van der Waals surface area contributed by atoms with Crippen LogP contribution in [0.15, 0.2) is 42.7 Å². The highest BCUT2D eigenvalue weighted by atomic mass is 16.5. The van der Waals surface area contributed by atoms with Gasteiger partial charge >= 0.3 is 0 Å². The number of fused-ring (bicyclic) bond motifs is 3. The van der Waals surface area contributed by atoms with E-state index in [-0.39, 0.29) is 0 Å². The number of hydrogen-bond donors (Lipinski definition) is 1. The number of hydrogen-bond acceptors (Lipinski definition) is 3. The van der Waals surface area contributed by atoms with Gasteiger partial charge in [-0.3, -0.25) is 0 Å². The normalized spacial score (nSPS) is 17.2. The number of rotatable bonds is 3. The van der Waals surface area contributed by atoms with Crippen molar-refractivity contribution < 1.29 is 9.84 Å². The van der Waals surface area contributed by atoms with Crippen LogP contribution in [0, 0.1) is 12.1 Å². The Morgan fingerprint density at radius 3 is 2.88 bits per heavy atom. The minimum absolute atomic E-state index is 0.426. The van der Waals surface area contributed by atoms with Gasteiger partial charge in [0.15, 0.2) is 12.4 Å². The van der Waals surface area contributed by atoms with Gasteiger partial charge in [0, 0.05) is 42.2 Å². The maximum absolute atomic E-state index is 11.7. The summed E-state index contributed by atoms with van der Waals surface area (Å²) in [4.78, 5) is 2.34. The summed E-state index contributed by atoms with van der Waals surface area (Å²) in [7, 11) is 2.15. The van der Waals surface area contributed by atoms with Crippen molar-refractivity contribution in [3.63, 3.8) is 0 Å². The van der Waals surface area contributed by atoms with Crippen molar-refractivity contribution in [3.05, 3.63) is 70.3 Å². The van der Waals surface area contributed by atoms with E-state index in [1.54, 1.807) is 13.0 Å². The van der Waals surface area contributed by atoms with Crippen LogP contribution in [0.1, 0.15) is 29.3 Å². The smallest absolute Gasteiger partial charge is 0.186 e. The maximum atomic E-state index is 11.7. The number of likely N-dealkylation sites (N-methyl/N-ethyl adjacent to an activating group) is 1. The van der Waals surface area contributed by atoms with Gasteiger partial charge < -0.3 is 19.8 Å². The molecule has 0 saturated carbocycles. The van der Waals surface area contributed by atoms with Crippen LogP contribution in [0.25, 0.3) is 10.9 Å². The lowest BCUT2D eigenvalue weighted by atomic mass is 9.97. The van der Waals surface area contributed by atoms with Gasteiger partial charge in [0.2, 0.25) is 0 Å². The second kappa shape index (κ2) is 6.11.